The molecule has 0 saturated carbocycles. The maximum absolute atomic E-state index is 5.69. The highest BCUT2D eigenvalue weighted by molar-refractivity contribution is 4.84. The zero-order valence-electron chi connectivity index (χ0n) is 67.9. The van der Waals surface area contributed by atoms with Gasteiger partial charge < -0.3 is 75.8 Å². The lowest BCUT2D eigenvalue weighted by Crippen LogP contribution is -2.43. The molecule has 0 aromatic rings. The molecule has 0 spiro atoms. The third-order valence-corrected chi connectivity index (χ3v) is 18.9. The fraction of sp³-hybridized carbons (Fsp3) is 1.00. The highest BCUT2D eigenvalue weighted by atomic mass is 16.5. The van der Waals surface area contributed by atoms with Crippen LogP contribution in [0.4, 0.5) is 0 Å². The Balaban J connectivity index is 0.000000580. The standard InChI is InChI=1S/C14H28O3.C14H28O2.C13H26O2.C12H24O3.C12H24O2.C10H20O2.C8H16O2/c1-14(12-17-13-14)11-16-10-8-6-4-3-5-7-9-15-2;1-3-4-5-6-7-8-9-10-15-11-14(2)12-16-13-14;1-3-4-5-6-7-8-9-14-10-13(2)11-15-12-13;1-12(10-15-11-12)9-14-8-6-4-3-5-7-13-2;1-3-4-5-6-7-8-13-9-12(2)10-14-11-12;1-3-4-5-6-11-7-10(2)8-12-9-10;1-3-4-9-5-8(2)6-10-7-8/h3-13H2,1-2H3;3-13H2,1-2H3;3-12H2,1-2H3;3-11H2,1-2H3;3-11H2,1-2H3;3-9H2,1-2H3;3-7H2,1-2H3. The van der Waals surface area contributed by atoms with E-state index in [1.807, 2.05) is 0 Å². The van der Waals surface area contributed by atoms with Gasteiger partial charge in [0.05, 0.1) is 139 Å². The summed E-state index contributed by atoms with van der Waals surface area (Å²) in [5, 5.41) is 0. The zero-order valence-corrected chi connectivity index (χ0v) is 67.9. The Kier molecular flexibility index (Phi) is 61.8. The molecule has 0 unspecified atom stereocenters. The van der Waals surface area contributed by atoms with Gasteiger partial charge in [-0.2, -0.15) is 0 Å². The van der Waals surface area contributed by atoms with E-state index in [1.165, 1.54) is 199 Å². The average molecular weight is 1420 g/mol. The minimum Gasteiger partial charge on any atom is -0.385 e. The highest BCUT2D eigenvalue weighted by Gasteiger charge is 2.37. The number of methoxy groups -OCH3 is 2. The van der Waals surface area contributed by atoms with Crippen LogP contribution in [0.3, 0.4) is 0 Å². The van der Waals surface area contributed by atoms with E-state index in [2.05, 4.69) is 83.1 Å². The summed E-state index contributed by atoms with van der Waals surface area (Å²) >= 11 is 0. The van der Waals surface area contributed by atoms with Gasteiger partial charge in [-0.25, -0.2) is 0 Å². The van der Waals surface area contributed by atoms with Gasteiger partial charge in [-0.05, 0) is 57.8 Å². The molecule has 0 atom stereocenters. The largest absolute Gasteiger partial charge is 0.385 e. The van der Waals surface area contributed by atoms with Crippen molar-refractivity contribution in [1.82, 2.24) is 0 Å². The lowest BCUT2D eigenvalue weighted by atomic mass is 9.90. The first-order valence-electron chi connectivity index (χ1n) is 40.9. The summed E-state index contributed by atoms with van der Waals surface area (Å²) in [6.45, 7) is 53.2. The van der Waals surface area contributed by atoms with Crippen molar-refractivity contribution in [3.05, 3.63) is 0 Å². The van der Waals surface area contributed by atoms with Crippen molar-refractivity contribution in [1.29, 1.82) is 0 Å². The molecule has 0 amide bonds. The molecule has 7 saturated heterocycles. The molecule has 7 fully saturated rings. The van der Waals surface area contributed by atoms with E-state index in [0.29, 0.717) is 37.9 Å². The molecule has 0 aromatic heterocycles. The first-order valence-corrected chi connectivity index (χ1v) is 40.9. The monoisotopic (exact) mass is 1420 g/mol. The molecular weight excluding hydrogens is 1250 g/mol. The number of rotatable bonds is 57. The maximum atomic E-state index is 5.69. The number of unbranched alkanes of at least 4 members (excludes halogenated alkanes) is 25. The van der Waals surface area contributed by atoms with Crippen LogP contribution in [0, 0.1) is 37.9 Å². The van der Waals surface area contributed by atoms with Crippen molar-refractivity contribution in [2.45, 2.75) is 289 Å². The fourth-order valence-corrected chi connectivity index (χ4v) is 11.5. The van der Waals surface area contributed by atoms with Crippen LogP contribution in [0.15, 0.2) is 0 Å². The molecule has 7 rings (SSSR count). The van der Waals surface area contributed by atoms with Crippen molar-refractivity contribution in [3.63, 3.8) is 0 Å². The lowest BCUT2D eigenvalue weighted by Gasteiger charge is -2.37. The van der Waals surface area contributed by atoms with Crippen LogP contribution in [-0.4, -0.2) is 212 Å². The summed E-state index contributed by atoms with van der Waals surface area (Å²) in [6.07, 6.45) is 41.4. The smallest absolute Gasteiger partial charge is 0.0564 e. The van der Waals surface area contributed by atoms with Gasteiger partial charge in [0.2, 0.25) is 0 Å². The summed E-state index contributed by atoms with van der Waals surface area (Å²) in [7, 11) is 3.52. The van der Waals surface area contributed by atoms with E-state index in [4.69, 9.17) is 75.8 Å². The molecule has 7 heterocycles. The summed E-state index contributed by atoms with van der Waals surface area (Å²) in [6, 6.07) is 0. The second-order valence-electron chi connectivity index (χ2n) is 33.0. The molecule has 0 N–H and O–H groups in total. The molecular formula is C83H166O16. The van der Waals surface area contributed by atoms with Crippen molar-refractivity contribution in [3.8, 4) is 0 Å². The van der Waals surface area contributed by atoms with Crippen molar-refractivity contribution in [2.24, 2.45) is 37.9 Å². The molecule has 0 bridgehead atoms. The Bertz CT molecular complexity index is 1640. The molecule has 7 aliphatic rings. The van der Waals surface area contributed by atoms with Crippen LogP contribution < -0.4 is 0 Å². The second kappa shape index (κ2) is 63.5. The highest BCUT2D eigenvalue weighted by Crippen LogP contribution is 2.31. The Labute approximate surface area is 611 Å². The summed E-state index contributed by atoms with van der Waals surface area (Å²) in [5.74, 6) is 0. The van der Waals surface area contributed by atoms with Crippen molar-refractivity contribution in [2.75, 3.05) is 212 Å². The Morgan fingerprint density at radius 3 is 0.475 bits per heavy atom. The third kappa shape index (κ3) is 55.4. The maximum Gasteiger partial charge on any atom is 0.0564 e. The quantitative estimate of drug-likeness (QED) is 0.0531. The fourth-order valence-electron chi connectivity index (χ4n) is 11.5. The van der Waals surface area contributed by atoms with E-state index in [9.17, 15) is 0 Å². The third-order valence-electron chi connectivity index (χ3n) is 18.9. The van der Waals surface area contributed by atoms with Gasteiger partial charge in [0.1, 0.15) is 0 Å². The Morgan fingerprint density at radius 2 is 0.323 bits per heavy atom. The van der Waals surface area contributed by atoms with E-state index in [1.54, 1.807) is 14.2 Å². The Hall–Kier alpha value is -0.640. The molecule has 0 aliphatic carbocycles. The minimum absolute atomic E-state index is 0.302. The van der Waals surface area contributed by atoms with Crippen LogP contribution in [0.25, 0.3) is 0 Å². The SMILES string of the molecule is CCCCCCCCCOCC1(C)COC1.CCCCCCCCOCC1(C)COC1.CCCCCCCOCC1(C)COC1.CCCCCOCC1(C)COC1.CCCOCC1(C)COC1.COCCCCCCCCOCC1(C)COC1.COCCCCCCOCC1(C)COC1. The average Bonchev–Trinajstić information content (AvgIpc) is 0.937. The van der Waals surface area contributed by atoms with E-state index >= 15 is 0 Å². The first kappa shape index (κ1) is 96.4. The normalized spacial score (nSPS) is 19.2. The summed E-state index contributed by atoms with van der Waals surface area (Å²) in [5.41, 5.74) is 2.23. The molecule has 7 aliphatic heterocycles. The van der Waals surface area contributed by atoms with Gasteiger partial charge in [-0.15, -0.1) is 0 Å². The topological polar surface area (TPSA) is 148 Å². The molecule has 16 nitrogen and oxygen atoms in total. The number of hydrogen-bond acceptors (Lipinski definition) is 16. The van der Waals surface area contributed by atoms with E-state index in [-0.39, 0.29) is 0 Å². The van der Waals surface area contributed by atoms with E-state index < -0.39 is 0 Å². The van der Waals surface area contributed by atoms with Crippen LogP contribution in [0.2, 0.25) is 0 Å². The van der Waals surface area contributed by atoms with Gasteiger partial charge in [-0.1, -0.05) is 231 Å². The van der Waals surface area contributed by atoms with Crippen molar-refractivity contribution < 1.29 is 75.8 Å². The predicted octanol–water partition coefficient (Wildman–Crippen LogP) is 19.2. The summed E-state index contributed by atoms with van der Waals surface area (Å²) < 4.78 is 85.4. The van der Waals surface area contributed by atoms with Gasteiger partial charge in [0.15, 0.2) is 0 Å². The van der Waals surface area contributed by atoms with Gasteiger partial charge >= 0.3 is 0 Å². The number of ether oxygens (including phenoxy) is 16. The van der Waals surface area contributed by atoms with Crippen LogP contribution in [-0.2, 0) is 75.8 Å². The number of hydrogen-bond donors (Lipinski definition) is 0. The van der Waals surface area contributed by atoms with Crippen LogP contribution in [0.5, 0.6) is 0 Å². The summed E-state index contributed by atoms with van der Waals surface area (Å²) in [4.78, 5) is 0. The van der Waals surface area contributed by atoms with Crippen LogP contribution in [0.1, 0.15) is 289 Å². The lowest BCUT2D eigenvalue weighted by molar-refractivity contribution is -0.138. The van der Waals surface area contributed by atoms with Crippen LogP contribution >= 0.6 is 0 Å². The minimum atomic E-state index is 0.302. The van der Waals surface area contributed by atoms with Gasteiger partial charge in [0, 0.05) is 112 Å². The van der Waals surface area contributed by atoms with Gasteiger partial charge in [-0.3, -0.25) is 0 Å². The first-order chi connectivity index (χ1) is 47.9. The molecule has 594 valence electrons. The molecule has 99 heavy (non-hydrogen) atoms. The Morgan fingerprint density at radius 1 is 0.182 bits per heavy atom. The van der Waals surface area contributed by atoms with E-state index in [0.717, 1.165) is 205 Å². The predicted molar refractivity (Wildman–Crippen MR) is 408 cm³/mol. The van der Waals surface area contributed by atoms with Gasteiger partial charge in [0.25, 0.3) is 0 Å². The molecule has 16 heteroatoms. The second-order valence-corrected chi connectivity index (χ2v) is 33.0. The molecule has 0 aromatic carbocycles. The zero-order chi connectivity index (χ0) is 72.7. The van der Waals surface area contributed by atoms with Crippen molar-refractivity contribution >= 4 is 0 Å². The molecule has 0 radical (unpaired) electrons.